The van der Waals surface area contributed by atoms with Gasteiger partial charge in [-0.1, -0.05) is 35.9 Å². The van der Waals surface area contributed by atoms with Crippen LogP contribution in [0.4, 0.5) is 4.39 Å². The number of benzene rings is 2. The number of halogens is 2. The van der Waals surface area contributed by atoms with Crippen molar-refractivity contribution in [2.45, 2.75) is 13.5 Å². The van der Waals surface area contributed by atoms with E-state index in [2.05, 4.69) is 5.32 Å². The van der Waals surface area contributed by atoms with E-state index >= 15 is 0 Å². The molecule has 0 fully saturated rings. The standard InChI is InChI=1S/C19H20ClFN2O3/c1-2-23(19(25)13-26-17-6-4-3-5-16(17)20)12-18(24)22-11-14-7-9-15(21)10-8-14/h3-10H,2,11-13H2,1H3,(H,22,24). The molecule has 2 rings (SSSR count). The molecular weight excluding hydrogens is 359 g/mol. The van der Waals surface area contributed by atoms with Crippen LogP contribution in [0.2, 0.25) is 5.02 Å². The summed E-state index contributed by atoms with van der Waals surface area (Å²) in [7, 11) is 0. The third kappa shape index (κ3) is 6.04. The number of carbonyl (C=O) groups excluding carboxylic acids is 2. The van der Waals surface area contributed by atoms with Gasteiger partial charge in [0.2, 0.25) is 5.91 Å². The van der Waals surface area contributed by atoms with Gasteiger partial charge in [0.1, 0.15) is 11.6 Å². The van der Waals surface area contributed by atoms with E-state index in [0.29, 0.717) is 17.3 Å². The molecule has 26 heavy (non-hydrogen) atoms. The van der Waals surface area contributed by atoms with E-state index in [9.17, 15) is 14.0 Å². The summed E-state index contributed by atoms with van der Waals surface area (Å²) in [4.78, 5) is 25.7. The van der Waals surface area contributed by atoms with Crippen molar-refractivity contribution in [2.75, 3.05) is 19.7 Å². The number of para-hydroxylation sites is 1. The van der Waals surface area contributed by atoms with Crippen molar-refractivity contribution in [3.8, 4) is 5.75 Å². The molecule has 0 saturated heterocycles. The molecule has 0 aliphatic rings. The van der Waals surface area contributed by atoms with Gasteiger partial charge in [0.15, 0.2) is 6.61 Å². The van der Waals surface area contributed by atoms with Crippen LogP contribution >= 0.6 is 11.6 Å². The fraction of sp³-hybridized carbons (Fsp3) is 0.263. The fourth-order valence-corrected chi connectivity index (χ4v) is 2.39. The molecule has 0 aliphatic heterocycles. The predicted molar refractivity (Wildman–Crippen MR) is 97.4 cm³/mol. The minimum Gasteiger partial charge on any atom is -0.482 e. The highest BCUT2D eigenvalue weighted by Crippen LogP contribution is 2.22. The smallest absolute Gasteiger partial charge is 0.260 e. The molecule has 2 aromatic rings. The molecule has 7 heteroatoms. The van der Waals surface area contributed by atoms with E-state index < -0.39 is 0 Å². The van der Waals surface area contributed by atoms with Crippen LogP contribution < -0.4 is 10.1 Å². The van der Waals surface area contributed by atoms with Gasteiger partial charge in [-0.05, 0) is 36.8 Å². The fourth-order valence-electron chi connectivity index (χ4n) is 2.20. The summed E-state index contributed by atoms with van der Waals surface area (Å²) in [5.74, 6) is -0.535. The van der Waals surface area contributed by atoms with Crippen molar-refractivity contribution in [3.63, 3.8) is 0 Å². The minimum absolute atomic E-state index is 0.0809. The third-order valence-corrected chi connectivity index (χ3v) is 3.97. The monoisotopic (exact) mass is 378 g/mol. The summed E-state index contributed by atoms with van der Waals surface area (Å²) in [5.41, 5.74) is 0.774. The number of rotatable bonds is 8. The van der Waals surface area contributed by atoms with Crippen molar-refractivity contribution in [3.05, 3.63) is 64.9 Å². The first-order valence-corrected chi connectivity index (χ1v) is 8.53. The van der Waals surface area contributed by atoms with Crippen molar-refractivity contribution in [1.82, 2.24) is 10.2 Å². The van der Waals surface area contributed by atoms with Gasteiger partial charge in [0, 0.05) is 13.1 Å². The Bertz CT molecular complexity index is 753. The summed E-state index contributed by atoms with van der Waals surface area (Å²) >= 11 is 5.98. The van der Waals surface area contributed by atoms with Crippen LogP contribution in [0.15, 0.2) is 48.5 Å². The van der Waals surface area contributed by atoms with Gasteiger partial charge in [-0.2, -0.15) is 0 Å². The van der Waals surface area contributed by atoms with Crippen LogP contribution in [0.3, 0.4) is 0 Å². The first-order valence-electron chi connectivity index (χ1n) is 8.16. The SMILES string of the molecule is CCN(CC(=O)NCc1ccc(F)cc1)C(=O)COc1ccccc1Cl. The van der Waals surface area contributed by atoms with Crippen molar-refractivity contribution >= 4 is 23.4 Å². The molecule has 2 amide bonds. The van der Waals surface area contributed by atoms with Gasteiger partial charge in [-0.15, -0.1) is 0 Å². The van der Waals surface area contributed by atoms with Crippen molar-refractivity contribution < 1.29 is 18.7 Å². The second kappa shape index (κ2) is 9.77. The lowest BCUT2D eigenvalue weighted by molar-refractivity contribution is -0.137. The summed E-state index contributed by atoms with van der Waals surface area (Å²) in [6.07, 6.45) is 0. The lowest BCUT2D eigenvalue weighted by Gasteiger charge is -2.20. The van der Waals surface area contributed by atoms with Crippen LogP contribution in [-0.2, 0) is 16.1 Å². The Kier molecular flexibility index (Phi) is 7.41. The van der Waals surface area contributed by atoms with E-state index in [1.54, 1.807) is 43.3 Å². The molecular formula is C19H20ClFN2O3. The summed E-state index contributed by atoms with van der Waals surface area (Å²) < 4.78 is 18.3. The van der Waals surface area contributed by atoms with E-state index in [-0.39, 0.29) is 37.3 Å². The van der Waals surface area contributed by atoms with E-state index in [1.165, 1.54) is 17.0 Å². The van der Waals surface area contributed by atoms with Crippen LogP contribution in [0, 0.1) is 5.82 Å². The quantitative estimate of drug-likeness (QED) is 0.768. The van der Waals surface area contributed by atoms with Crippen molar-refractivity contribution in [1.29, 1.82) is 0 Å². The highest BCUT2D eigenvalue weighted by atomic mass is 35.5. The topological polar surface area (TPSA) is 58.6 Å². The number of nitrogens with zero attached hydrogens (tertiary/aromatic N) is 1. The van der Waals surface area contributed by atoms with Gasteiger partial charge in [-0.3, -0.25) is 9.59 Å². The number of amides is 2. The van der Waals surface area contributed by atoms with Crippen LogP contribution in [-0.4, -0.2) is 36.4 Å². The van der Waals surface area contributed by atoms with Gasteiger partial charge in [0.05, 0.1) is 11.6 Å². The van der Waals surface area contributed by atoms with Crippen LogP contribution in [0.5, 0.6) is 5.75 Å². The molecule has 0 bridgehead atoms. The Labute approximate surface area is 156 Å². The van der Waals surface area contributed by atoms with Crippen molar-refractivity contribution in [2.24, 2.45) is 0 Å². The maximum absolute atomic E-state index is 12.9. The number of ether oxygens (including phenoxy) is 1. The Balaban J connectivity index is 1.81. The Hall–Kier alpha value is -2.60. The van der Waals surface area contributed by atoms with E-state index in [0.717, 1.165) is 5.56 Å². The number of carbonyl (C=O) groups is 2. The minimum atomic E-state index is -0.332. The molecule has 5 nitrogen and oxygen atoms in total. The first kappa shape index (κ1) is 19.7. The summed E-state index contributed by atoms with van der Waals surface area (Å²) in [6.45, 7) is 2.13. The zero-order valence-corrected chi connectivity index (χ0v) is 15.1. The lowest BCUT2D eigenvalue weighted by Crippen LogP contribution is -2.42. The third-order valence-electron chi connectivity index (χ3n) is 3.66. The normalized spacial score (nSPS) is 10.3. The molecule has 1 N–H and O–H groups in total. The average Bonchev–Trinajstić information content (AvgIpc) is 2.64. The summed E-state index contributed by atoms with van der Waals surface area (Å²) in [5, 5.41) is 3.12. The second-order valence-electron chi connectivity index (χ2n) is 5.53. The highest BCUT2D eigenvalue weighted by molar-refractivity contribution is 6.32. The second-order valence-corrected chi connectivity index (χ2v) is 5.94. The first-order chi connectivity index (χ1) is 12.5. The largest absolute Gasteiger partial charge is 0.482 e. The Morgan fingerprint density at radius 1 is 1.15 bits per heavy atom. The molecule has 0 heterocycles. The van der Waals surface area contributed by atoms with Gasteiger partial charge in [-0.25, -0.2) is 4.39 Å². The van der Waals surface area contributed by atoms with Gasteiger partial charge >= 0.3 is 0 Å². The number of likely N-dealkylation sites (N-methyl/N-ethyl adjacent to an activating group) is 1. The number of nitrogens with one attached hydrogen (secondary N) is 1. The zero-order valence-electron chi connectivity index (χ0n) is 14.4. The number of hydrogen-bond donors (Lipinski definition) is 1. The van der Waals surface area contributed by atoms with E-state index in [1.807, 2.05) is 0 Å². The average molecular weight is 379 g/mol. The molecule has 0 aliphatic carbocycles. The molecule has 0 saturated carbocycles. The molecule has 2 aromatic carbocycles. The lowest BCUT2D eigenvalue weighted by atomic mass is 10.2. The van der Waals surface area contributed by atoms with Crippen LogP contribution in [0.1, 0.15) is 12.5 Å². The highest BCUT2D eigenvalue weighted by Gasteiger charge is 2.16. The Morgan fingerprint density at radius 2 is 1.85 bits per heavy atom. The molecule has 0 atom stereocenters. The maximum Gasteiger partial charge on any atom is 0.260 e. The van der Waals surface area contributed by atoms with Crippen LogP contribution in [0.25, 0.3) is 0 Å². The molecule has 0 spiro atoms. The molecule has 0 aromatic heterocycles. The summed E-state index contributed by atoms with van der Waals surface area (Å²) in [6, 6.07) is 12.7. The maximum atomic E-state index is 12.9. The van der Waals surface area contributed by atoms with Gasteiger partial charge < -0.3 is 15.0 Å². The molecule has 138 valence electrons. The Morgan fingerprint density at radius 3 is 2.50 bits per heavy atom. The molecule has 0 radical (unpaired) electrons. The molecule has 0 unspecified atom stereocenters. The van der Waals surface area contributed by atoms with E-state index in [4.69, 9.17) is 16.3 Å². The predicted octanol–water partition coefficient (Wildman–Crippen LogP) is 3.02. The zero-order chi connectivity index (χ0) is 18.9. The van der Waals surface area contributed by atoms with Gasteiger partial charge in [0.25, 0.3) is 5.91 Å². The number of hydrogen-bond acceptors (Lipinski definition) is 3.